The number of ether oxygens (including phenoxy) is 1. The van der Waals surface area contributed by atoms with Gasteiger partial charge < -0.3 is 15.4 Å². The number of amides is 1. The lowest BCUT2D eigenvalue weighted by atomic mass is 10.2. The SMILES string of the molecule is C[C@@H]1CNCCN1CC(=O)Nc1cccc(S(=O)(=O)N2CCOCC2)c1. The van der Waals surface area contributed by atoms with Crippen molar-refractivity contribution in [3.8, 4) is 0 Å². The van der Waals surface area contributed by atoms with Crippen molar-refractivity contribution >= 4 is 21.6 Å². The first-order valence-corrected chi connectivity index (χ1v) is 10.3. The van der Waals surface area contributed by atoms with Crippen LogP contribution in [0.1, 0.15) is 6.92 Å². The number of sulfonamides is 1. The lowest BCUT2D eigenvalue weighted by Crippen LogP contribution is -2.51. The highest BCUT2D eigenvalue weighted by Gasteiger charge is 2.26. The van der Waals surface area contributed by atoms with Crippen LogP contribution >= 0.6 is 0 Å². The molecule has 2 heterocycles. The second kappa shape index (κ2) is 8.45. The number of morpholine rings is 1. The fourth-order valence-electron chi connectivity index (χ4n) is 3.17. The number of benzene rings is 1. The standard InChI is InChI=1S/C17H26N4O4S/c1-14-12-18-5-6-20(14)13-17(22)19-15-3-2-4-16(11-15)26(23,24)21-7-9-25-10-8-21/h2-4,11,14,18H,5-10,12-13H2,1H3,(H,19,22)/t14-/m1/s1. The van der Waals surface area contributed by atoms with Gasteiger partial charge in [-0.25, -0.2) is 8.42 Å². The van der Waals surface area contributed by atoms with Gasteiger partial charge in [0.2, 0.25) is 15.9 Å². The lowest BCUT2D eigenvalue weighted by molar-refractivity contribution is -0.118. The number of carbonyl (C=O) groups is 1. The molecule has 2 aliphatic heterocycles. The van der Waals surface area contributed by atoms with Crippen LogP contribution in [0.15, 0.2) is 29.2 Å². The van der Waals surface area contributed by atoms with Crippen molar-refractivity contribution in [1.82, 2.24) is 14.5 Å². The first kappa shape index (κ1) is 19.2. The van der Waals surface area contributed by atoms with Crippen LogP contribution in [0, 0.1) is 0 Å². The molecule has 1 aromatic carbocycles. The summed E-state index contributed by atoms with van der Waals surface area (Å²) in [7, 11) is -3.57. The zero-order valence-electron chi connectivity index (χ0n) is 15.0. The predicted molar refractivity (Wildman–Crippen MR) is 98.6 cm³/mol. The zero-order chi connectivity index (χ0) is 18.6. The number of nitrogens with zero attached hydrogens (tertiary/aromatic N) is 2. The second-order valence-electron chi connectivity index (χ2n) is 6.62. The Morgan fingerprint density at radius 1 is 1.31 bits per heavy atom. The summed E-state index contributed by atoms with van der Waals surface area (Å²) in [4.78, 5) is 14.6. The van der Waals surface area contributed by atoms with Gasteiger partial charge in [0.1, 0.15) is 0 Å². The molecule has 2 aliphatic rings. The molecule has 2 N–H and O–H groups in total. The molecule has 2 saturated heterocycles. The van der Waals surface area contributed by atoms with Gasteiger partial charge in [0.25, 0.3) is 0 Å². The van der Waals surface area contributed by atoms with Crippen LogP contribution in [0.3, 0.4) is 0 Å². The van der Waals surface area contributed by atoms with Crippen molar-refractivity contribution < 1.29 is 17.9 Å². The van der Waals surface area contributed by atoms with E-state index in [-0.39, 0.29) is 10.8 Å². The van der Waals surface area contributed by atoms with Crippen molar-refractivity contribution in [2.45, 2.75) is 17.9 Å². The van der Waals surface area contributed by atoms with Gasteiger partial charge in [-0.1, -0.05) is 6.07 Å². The van der Waals surface area contributed by atoms with Gasteiger partial charge in [0.05, 0.1) is 24.7 Å². The van der Waals surface area contributed by atoms with Gasteiger partial charge in [-0.2, -0.15) is 4.31 Å². The Balaban J connectivity index is 1.66. The maximum atomic E-state index is 12.7. The Morgan fingerprint density at radius 2 is 2.08 bits per heavy atom. The molecular weight excluding hydrogens is 356 g/mol. The smallest absolute Gasteiger partial charge is 0.243 e. The minimum absolute atomic E-state index is 0.139. The summed E-state index contributed by atoms with van der Waals surface area (Å²) in [5, 5.41) is 6.11. The first-order chi connectivity index (χ1) is 12.5. The van der Waals surface area contributed by atoms with Gasteiger partial charge in [-0.05, 0) is 25.1 Å². The van der Waals surface area contributed by atoms with Gasteiger partial charge in [-0.15, -0.1) is 0 Å². The van der Waals surface area contributed by atoms with Crippen LogP contribution in [-0.4, -0.2) is 82.1 Å². The van der Waals surface area contributed by atoms with Crippen molar-refractivity contribution in [3.63, 3.8) is 0 Å². The molecule has 1 amide bonds. The van der Waals surface area contributed by atoms with Crippen molar-refractivity contribution in [2.75, 3.05) is 57.8 Å². The van der Waals surface area contributed by atoms with Crippen LogP contribution in [0.25, 0.3) is 0 Å². The summed E-state index contributed by atoms with van der Waals surface area (Å²) in [6, 6.07) is 6.72. The molecule has 3 rings (SSSR count). The molecular formula is C17H26N4O4S. The Morgan fingerprint density at radius 3 is 2.81 bits per heavy atom. The topological polar surface area (TPSA) is 91.0 Å². The molecule has 0 aromatic heterocycles. The third kappa shape index (κ3) is 4.60. The second-order valence-corrected chi connectivity index (χ2v) is 8.55. The third-order valence-electron chi connectivity index (χ3n) is 4.71. The van der Waals surface area contributed by atoms with Crippen molar-refractivity contribution in [2.24, 2.45) is 0 Å². The molecule has 9 heteroatoms. The quantitative estimate of drug-likeness (QED) is 0.742. The molecule has 0 spiro atoms. The maximum Gasteiger partial charge on any atom is 0.243 e. The number of nitrogens with one attached hydrogen (secondary N) is 2. The highest BCUT2D eigenvalue weighted by Crippen LogP contribution is 2.20. The van der Waals surface area contributed by atoms with E-state index in [1.807, 2.05) is 0 Å². The Labute approximate surface area is 154 Å². The van der Waals surface area contributed by atoms with E-state index < -0.39 is 10.0 Å². The fraction of sp³-hybridized carbons (Fsp3) is 0.588. The molecule has 8 nitrogen and oxygen atoms in total. The van der Waals surface area contributed by atoms with E-state index in [4.69, 9.17) is 4.74 Å². The molecule has 0 aliphatic carbocycles. The predicted octanol–water partition coefficient (Wildman–Crippen LogP) is -0.0603. The molecule has 0 bridgehead atoms. The highest BCUT2D eigenvalue weighted by atomic mass is 32.2. The van der Waals surface area contributed by atoms with E-state index in [1.165, 1.54) is 10.4 Å². The monoisotopic (exact) mass is 382 g/mol. The Hall–Kier alpha value is -1.52. The Bertz CT molecular complexity index is 734. The normalized spacial score (nSPS) is 22.9. The summed E-state index contributed by atoms with van der Waals surface area (Å²) >= 11 is 0. The molecule has 144 valence electrons. The third-order valence-corrected chi connectivity index (χ3v) is 6.61. The number of hydrogen-bond donors (Lipinski definition) is 2. The minimum Gasteiger partial charge on any atom is -0.379 e. The summed E-state index contributed by atoms with van der Waals surface area (Å²) < 4.78 is 32.1. The van der Waals surface area contributed by atoms with E-state index in [1.54, 1.807) is 18.2 Å². The van der Waals surface area contributed by atoms with Gasteiger partial charge in [0, 0.05) is 44.5 Å². The average molecular weight is 382 g/mol. The number of piperazine rings is 1. The molecule has 26 heavy (non-hydrogen) atoms. The summed E-state index contributed by atoms with van der Waals surface area (Å²) in [5.74, 6) is -0.139. The number of carbonyl (C=O) groups excluding carboxylic acids is 1. The maximum absolute atomic E-state index is 12.7. The number of anilines is 1. The van der Waals surface area contributed by atoms with Gasteiger partial charge in [0.15, 0.2) is 0 Å². The lowest BCUT2D eigenvalue weighted by Gasteiger charge is -2.33. The van der Waals surface area contributed by atoms with Gasteiger partial charge >= 0.3 is 0 Å². The molecule has 0 unspecified atom stereocenters. The van der Waals surface area contributed by atoms with Crippen LogP contribution in [-0.2, 0) is 19.6 Å². The summed E-state index contributed by atoms with van der Waals surface area (Å²) in [5.41, 5.74) is 0.493. The van der Waals surface area contributed by atoms with E-state index >= 15 is 0 Å². The number of rotatable bonds is 5. The largest absolute Gasteiger partial charge is 0.379 e. The molecule has 1 aromatic rings. The van der Waals surface area contributed by atoms with Crippen LogP contribution < -0.4 is 10.6 Å². The van der Waals surface area contributed by atoms with E-state index in [0.717, 1.165) is 19.6 Å². The van der Waals surface area contributed by atoms with Crippen molar-refractivity contribution in [1.29, 1.82) is 0 Å². The number of hydrogen-bond acceptors (Lipinski definition) is 6. The van der Waals surface area contributed by atoms with Crippen molar-refractivity contribution in [3.05, 3.63) is 24.3 Å². The van der Waals surface area contributed by atoms with Crippen LogP contribution in [0.5, 0.6) is 0 Å². The van der Waals surface area contributed by atoms with Crippen LogP contribution in [0.4, 0.5) is 5.69 Å². The van der Waals surface area contributed by atoms with Crippen LogP contribution in [0.2, 0.25) is 0 Å². The zero-order valence-corrected chi connectivity index (χ0v) is 15.8. The highest BCUT2D eigenvalue weighted by molar-refractivity contribution is 7.89. The molecule has 2 fully saturated rings. The minimum atomic E-state index is -3.57. The molecule has 0 radical (unpaired) electrons. The summed E-state index contributed by atoms with van der Waals surface area (Å²) in [6.07, 6.45) is 0. The first-order valence-electron chi connectivity index (χ1n) is 8.89. The van der Waals surface area contributed by atoms with E-state index in [2.05, 4.69) is 22.5 Å². The fourth-order valence-corrected chi connectivity index (χ4v) is 4.63. The van der Waals surface area contributed by atoms with E-state index in [0.29, 0.717) is 44.6 Å². The summed E-state index contributed by atoms with van der Waals surface area (Å²) in [6.45, 7) is 6.42. The molecule has 1 atom stereocenters. The van der Waals surface area contributed by atoms with Gasteiger partial charge in [-0.3, -0.25) is 9.69 Å². The van der Waals surface area contributed by atoms with E-state index in [9.17, 15) is 13.2 Å². The Kier molecular flexibility index (Phi) is 6.25. The molecule has 0 saturated carbocycles. The average Bonchev–Trinajstić information content (AvgIpc) is 2.64.